The SMILES string of the molecule is COC(=O)c1ccc(CN(C(=O)N2CCN(c3ccncc3)CC2)c2ccc(C(F)(F)F)cc2)cc1. The van der Waals surface area contributed by atoms with Crippen LogP contribution in [0.25, 0.3) is 0 Å². The van der Waals surface area contributed by atoms with E-state index in [1.165, 1.54) is 24.1 Å². The van der Waals surface area contributed by atoms with Crippen molar-refractivity contribution < 1.29 is 27.5 Å². The molecule has 36 heavy (non-hydrogen) atoms. The Morgan fingerprint density at radius 2 is 1.53 bits per heavy atom. The summed E-state index contributed by atoms with van der Waals surface area (Å²) in [4.78, 5) is 34.6. The number of carbonyl (C=O) groups is 2. The van der Waals surface area contributed by atoms with E-state index in [2.05, 4.69) is 9.88 Å². The number of esters is 1. The van der Waals surface area contributed by atoms with Crippen LogP contribution in [0.1, 0.15) is 21.5 Å². The fraction of sp³-hybridized carbons (Fsp3) is 0.269. The molecular formula is C26H25F3N4O3. The minimum absolute atomic E-state index is 0.121. The zero-order valence-electron chi connectivity index (χ0n) is 19.6. The van der Waals surface area contributed by atoms with E-state index in [1.54, 1.807) is 41.6 Å². The topological polar surface area (TPSA) is 66.0 Å². The summed E-state index contributed by atoms with van der Waals surface area (Å²) in [5, 5.41) is 0. The zero-order valence-corrected chi connectivity index (χ0v) is 19.6. The Kier molecular flexibility index (Phi) is 7.42. The van der Waals surface area contributed by atoms with Crippen LogP contribution in [0, 0.1) is 0 Å². The molecule has 7 nitrogen and oxygen atoms in total. The van der Waals surface area contributed by atoms with Gasteiger partial charge in [0.05, 0.1) is 24.8 Å². The van der Waals surface area contributed by atoms with Crippen molar-refractivity contribution in [3.8, 4) is 0 Å². The van der Waals surface area contributed by atoms with Gasteiger partial charge < -0.3 is 14.5 Å². The fourth-order valence-electron chi connectivity index (χ4n) is 4.03. The first-order valence-corrected chi connectivity index (χ1v) is 11.3. The van der Waals surface area contributed by atoms with Gasteiger partial charge in [0, 0.05) is 49.9 Å². The number of aromatic nitrogens is 1. The molecule has 1 aliphatic heterocycles. The minimum atomic E-state index is -4.47. The third-order valence-electron chi connectivity index (χ3n) is 6.03. The summed E-state index contributed by atoms with van der Waals surface area (Å²) >= 11 is 0. The van der Waals surface area contributed by atoms with E-state index in [4.69, 9.17) is 4.74 Å². The van der Waals surface area contributed by atoms with Gasteiger partial charge in [0.15, 0.2) is 0 Å². The van der Waals surface area contributed by atoms with Crippen molar-refractivity contribution in [2.75, 3.05) is 43.1 Å². The highest BCUT2D eigenvalue weighted by Gasteiger charge is 2.31. The van der Waals surface area contributed by atoms with Crippen molar-refractivity contribution in [2.45, 2.75) is 12.7 Å². The predicted molar refractivity (Wildman–Crippen MR) is 129 cm³/mol. The number of urea groups is 1. The highest BCUT2D eigenvalue weighted by molar-refractivity contribution is 5.92. The molecule has 0 aliphatic carbocycles. The summed E-state index contributed by atoms with van der Waals surface area (Å²) in [6.07, 6.45) is -1.05. The average molecular weight is 499 g/mol. The maximum atomic E-state index is 13.6. The molecule has 10 heteroatoms. The van der Waals surface area contributed by atoms with Crippen molar-refractivity contribution in [1.29, 1.82) is 0 Å². The Hall–Kier alpha value is -4.08. The number of anilines is 2. The molecule has 1 aliphatic rings. The highest BCUT2D eigenvalue weighted by atomic mass is 19.4. The van der Waals surface area contributed by atoms with Crippen molar-refractivity contribution >= 4 is 23.4 Å². The fourth-order valence-corrected chi connectivity index (χ4v) is 4.03. The van der Waals surface area contributed by atoms with Crippen molar-refractivity contribution in [3.63, 3.8) is 0 Å². The highest BCUT2D eigenvalue weighted by Crippen LogP contribution is 2.31. The lowest BCUT2D eigenvalue weighted by molar-refractivity contribution is -0.137. The van der Waals surface area contributed by atoms with Crippen LogP contribution in [0.15, 0.2) is 73.1 Å². The first-order valence-electron chi connectivity index (χ1n) is 11.3. The molecule has 2 aromatic carbocycles. The summed E-state index contributed by atoms with van der Waals surface area (Å²) in [7, 11) is 1.29. The number of amides is 2. The molecule has 1 aromatic heterocycles. The first-order chi connectivity index (χ1) is 17.3. The number of ether oxygens (including phenoxy) is 1. The Balaban J connectivity index is 1.54. The van der Waals surface area contributed by atoms with Gasteiger partial charge in [0.25, 0.3) is 0 Å². The number of nitrogens with zero attached hydrogens (tertiary/aromatic N) is 4. The summed E-state index contributed by atoms with van der Waals surface area (Å²) in [6.45, 7) is 2.27. The van der Waals surface area contributed by atoms with Gasteiger partial charge in [-0.05, 0) is 54.1 Å². The summed E-state index contributed by atoms with van der Waals surface area (Å²) < 4.78 is 44.0. The van der Waals surface area contributed by atoms with E-state index in [0.717, 1.165) is 17.8 Å². The van der Waals surface area contributed by atoms with Crippen LogP contribution in [-0.2, 0) is 17.5 Å². The van der Waals surface area contributed by atoms with Crippen LogP contribution >= 0.6 is 0 Å². The average Bonchev–Trinajstić information content (AvgIpc) is 2.91. The van der Waals surface area contributed by atoms with Crippen molar-refractivity contribution in [1.82, 2.24) is 9.88 Å². The van der Waals surface area contributed by atoms with Crippen LogP contribution in [0.3, 0.4) is 0 Å². The van der Waals surface area contributed by atoms with E-state index in [1.807, 2.05) is 12.1 Å². The Morgan fingerprint density at radius 1 is 0.917 bits per heavy atom. The quantitative estimate of drug-likeness (QED) is 0.472. The lowest BCUT2D eigenvalue weighted by Gasteiger charge is -2.38. The van der Waals surface area contributed by atoms with Crippen LogP contribution in [0.5, 0.6) is 0 Å². The lowest BCUT2D eigenvalue weighted by atomic mass is 10.1. The number of halogens is 3. The van der Waals surface area contributed by atoms with Crippen LogP contribution in [0.2, 0.25) is 0 Å². The van der Waals surface area contributed by atoms with Gasteiger partial charge in [-0.25, -0.2) is 9.59 Å². The Bertz CT molecular complexity index is 1180. The molecule has 0 bridgehead atoms. The summed E-state index contributed by atoms with van der Waals surface area (Å²) in [5.74, 6) is -0.482. The number of hydrogen-bond acceptors (Lipinski definition) is 5. The molecule has 0 saturated carbocycles. The van der Waals surface area contributed by atoms with E-state index in [-0.39, 0.29) is 12.6 Å². The minimum Gasteiger partial charge on any atom is -0.465 e. The van der Waals surface area contributed by atoms with Gasteiger partial charge in [-0.3, -0.25) is 9.88 Å². The molecule has 0 radical (unpaired) electrons. The monoisotopic (exact) mass is 498 g/mol. The van der Waals surface area contributed by atoms with Gasteiger partial charge in [0.2, 0.25) is 0 Å². The largest absolute Gasteiger partial charge is 0.465 e. The summed E-state index contributed by atoms with van der Waals surface area (Å²) in [6, 6.07) is 14.6. The number of benzene rings is 2. The van der Waals surface area contributed by atoms with E-state index >= 15 is 0 Å². The molecule has 2 amide bonds. The smallest absolute Gasteiger partial charge is 0.416 e. The zero-order chi connectivity index (χ0) is 25.7. The lowest BCUT2D eigenvalue weighted by Crippen LogP contribution is -2.53. The van der Waals surface area contributed by atoms with Crippen molar-refractivity contribution in [3.05, 3.63) is 89.7 Å². The second-order valence-electron chi connectivity index (χ2n) is 8.28. The number of rotatable bonds is 5. The Labute approximate surface area is 206 Å². The number of methoxy groups -OCH3 is 1. The molecule has 0 N–H and O–H groups in total. The second kappa shape index (κ2) is 10.7. The first kappa shape index (κ1) is 25.0. The van der Waals surface area contributed by atoms with Gasteiger partial charge in [-0.15, -0.1) is 0 Å². The third-order valence-corrected chi connectivity index (χ3v) is 6.03. The van der Waals surface area contributed by atoms with E-state index in [9.17, 15) is 22.8 Å². The van der Waals surface area contributed by atoms with Gasteiger partial charge in [-0.1, -0.05) is 12.1 Å². The van der Waals surface area contributed by atoms with Crippen molar-refractivity contribution in [2.24, 2.45) is 0 Å². The molecule has 4 rings (SSSR count). The molecule has 1 saturated heterocycles. The van der Waals surface area contributed by atoms with Crippen LogP contribution in [0.4, 0.5) is 29.3 Å². The molecule has 0 spiro atoms. The van der Waals surface area contributed by atoms with Crippen LogP contribution in [-0.4, -0.2) is 55.2 Å². The van der Waals surface area contributed by atoms with Crippen LogP contribution < -0.4 is 9.80 Å². The van der Waals surface area contributed by atoms with Gasteiger partial charge in [-0.2, -0.15) is 13.2 Å². The maximum absolute atomic E-state index is 13.6. The standard InChI is InChI=1S/C26H25F3N4O3/c1-36-24(34)20-4-2-19(3-5-20)18-33(23-8-6-21(7-9-23)26(27,28)29)25(35)32-16-14-31(15-17-32)22-10-12-30-13-11-22/h2-13H,14-18H2,1H3. The number of alkyl halides is 3. The Morgan fingerprint density at radius 3 is 2.08 bits per heavy atom. The summed E-state index contributed by atoms with van der Waals surface area (Å²) in [5.41, 5.74) is 1.66. The predicted octanol–water partition coefficient (Wildman–Crippen LogP) is 4.84. The number of pyridine rings is 1. The number of piperazine rings is 1. The molecule has 0 atom stereocenters. The molecule has 2 heterocycles. The molecule has 188 valence electrons. The number of carbonyl (C=O) groups excluding carboxylic acids is 2. The second-order valence-corrected chi connectivity index (χ2v) is 8.28. The molecule has 3 aromatic rings. The molecular weight excluding hydrogens is 473 g/mol. The van der Waals surface area contributed by atoms with Gasteiger partial charge in [0.1, 0.15) is 0 Å². The normalized spacial score (nSPS) is 13.9. The maximum Gasteiger partial charge on any atom is 0.416 e. The van der Waals surface area contributed by atoms with E-state index in [0.29, 0.717) is 43.0 Å². The third kappa shape index (κ3) is 5.76. The molecule has 0 unspecified atom stereocenters. The number of hydrogen-bond donors (Lipinski definition) is 0. The molecule has 1 fully saturated rings. The van der Waals surface area contributed by atoms with E-state index < -0.39 is 17.7 Å². The van der Waals surface area contributed by atoms with Gasteiger partial charge >= 0.3 is 18.2 Å².